The quantitative estimate of drug-likeness (QED) is 0.0777. The smallest absolute Gasteiger partial charge is 0.220 e. The first kappa shape index (κ1) is 34.3. The molecule has 5 rings (SSSR count). The normalized spacial score (nSPS) is 17.6. The molecule has 3 aromatic carbocycles. The Balaban J connectivity index is 1.23. The lowest BCUT2D eigenvalue weighted by Crippen LogP contribution is -2.31. The first-order chi connectivity index (χ1) is 23.0. The predicted molar refractivity (Wildman–Crippen MR) is 182 cm³/mol. The number of aliphatic hydroxyl groups excluding tert-OH is 1. The third-order valence-corrected chi connectivity index (χ3v) is 9.00. The second-order valence-electron chi connectivity index (χ2n) is 11.5. The third kappa shape index (κ3) is 10.5. The van der Waals surface area contributed by atoms with Crippen LogP contribution in [0.25, 0.3) is 11.1 Å². The van der Waals surface area contributed by atoms with E-state index in [9.17, 15) is 14.7 Å². The van der Waals surface area contributed by atoms with Crippen LogP contribution in [-0.2, 0) is 32.2 Å². The molecule has 1 fully saturated rings. The summed E-state index contributed by atoms with van der Waals surface area (Å²) >= 11 is 1.56. The molecule has 0 bridgehead atoms. The van der Waals surface area contributed by atoms with E-state index in [0.717, 1.165) is 52.6 Å². The maximum absolute atomic E-state index is 12.5. The topological polar surface area (TPSA) is 123 Å². The van der Waals surface area contributed by atoms with Crippen molar-refractivity contribution in [1.29, 1.82) is 0 Å². The minimum atomic E-state index is -0.560. The van der Waals surface area contributed by atoms with Crippen molar-refractivity contribution in [3.8, 4) is 11.1 Å². The number of amides is 2. The largest absolute Gasteiger partial charge is 0.392 e. The minimum Gasteiger partial charge on any atom is -0.392 e. The Hall–Kier alpha value is -4.09. The molecular weight excluding hydrogens is 612 g/mol. The number of nitrogens with one attached hydrogen (secondary N) is 2. The second-order valence-corrected chi connectivity index (χ2v) is 12.5. The van der Waals surface area contributed by atoms with Crippen LogP contribution >= 0.6 is 11.8 Å². The van der Waals surface area contributed by atoms with Crippen molar-refractivity contribution < 1.29 is 24.2 Å². The molecule has 2 amide bonds. The van der Waals surface area contributed by atoms with Gasteiger partial charge in [0.15, 0.2) is 11.4 Å². The van der Waals surface area contributed by atoms with Crippen molar-refractivity contribution in [3.63, 3.8) is 0 Å². The highest BCUT2D eigenvalue weighted by Gasteiger charge is 2.32. The molecule has 3 atom stereocenters. The standard InChI is InChI=1S/C37H42N4O5S/c1-26(43)38-19-6-2-3-10-35(44)41-23-31-8-4-5-9-33(31)28-15-17-30(18-16-28)36-45-32(25-47-37-39-20-7-21-40-37)22-34(46-36)29-13-11-27(24-42)12-14-29/h4-5,7-9,11-18,20-21,32,34,36,42H,2-3,6,10,19,22-25H2,1H3,(H,38,43)(H,41,44)/t32-,34+,36+/m1/s1. The van der Waals surface area contributed by atoms with Crippen LogP contribution in [0.2, 0.25) is 0 Å². The Bertz CT molecular complexity index is 1570. The molecule has 4 aromatic rings. The highest BCUT2D eigenvalue weighted by molar-refractivity contribution is 7.99. The van der Waals surface area contributed by atoms with Gasteiger partial charge in [-0.05, 0) is 46.7 Å². The average molecular weight is 655 g/mol. The van der Waals surface area contributed by atoms with Crippen molar-refractivity contribution in [2.45, 2.75) is 75.8 Å². The van der Waals surface area contributed by atoms with E-state index in [2.05, 4.69) is 38.8 Å². The van der Waals surface area contributed by atoms with Gasteiger partial charge in [-0.3, -0.25) is 9.59 Å². The van der Waals surface area contributed by atoms with Crippen LogP contribution in [0.15, 0.2) is 96.4 Å². The molecule has 10 heteroatoms. The number of hydrogen-bond acceptors (Lipinski definition) is 8. The van der Waals surface area contributed by atoms with Gasteiger partial charge in [0.2, 0.25) is 11.8 Å². The third-order valence-electron chi connectivity index (χ3n) is 8.00. The number of unbranched alkanes of at least 4 members (excludes halogenated alkanes) is 2. The minimum absolute atomic E-state index is 0.00213. The number of aromatic nitrogens is 2. The van der Waals surface area contributed by atoms with Gasteiger partial charge < -0.3 is 25.2 Å². The first-order valence-corrected chi connectivity index (χ1v) is 17.1. The molecule has 0 aliphatic carbocycles. The van der Waals surface area contributed by atoms with Crippen molar-refractivity contribution in [2.75, 3.05) is 12.3 Å². The lowest BCUT2D eigenvalue weighted by molar-refractivity contribution is -0.245. The van der Waals surface area contributed by atoms with E-state index < -0.39 is 6.29 Å². The fraction of sp³-hybridized carbons (Fsp3) is 0.351. The Morgan fingerprint density at radius 3 is 2.36 bits per heavy atom. The van der Waals surface area contributed by atoms with Gasteiger partial charge in [-0.15, -0.1) is 0 Å². The van der Waals surface area contributed by atoms with Gasteiger partial charge in [-0.25, -0.2) is 9.97 Å². The zero-order chi connectivity index (χ0) is 32.8. The Kier molecular flexibility index (Phi) is 12.9. The number of nitrogens with zero attached hydrogens (tertiary/aromatic N) is 2. The zero-order valence-corrected chi connectivity index (χ0v) is 27.5. The summed E-state index contributed by atoms with van der Waals surface area (Å²) in [5, 5.41) is 16.1. The fourth-order valence-corrected chi connectivity index (χ4v) is 6.28. The number of carbonyl (C=O) groups excluding carboxylic acids is 2. The van der Waals surface area contributed by atoms with Gasteiger partial charge in [0.25, 0.3) is 0 Å². The Morgan fingerprint density at radius 2 is 1.62 bits per heavy atom. The Labute approximate surface area is 280 Å². The van der Waals surface area contributed by atoms with Gasteiger partial charge in [0.05, 0.1) is 18.8 Å². The van der Waals surface area contributed by atoms with Crippen LogP contribution in [0, 0.1) is 0 Å². The fourth-order valence-electron chi connectivity index (χ4n) is 5.46. The summed E-state index contributed by atoms with van der Waals surface area (Å²) in [5.74, 6) is 0.678. The van der Waals surface area contributed by atoms with E-state index >= 15 is 0 Å². The van der Waals surface area contributed by atoms with Gasteiger partial charge in [0.1, 0.15) is 0 Å². The highest BCUT2D eigenvalue weighted by atomic mass is 32.2. The van der Waals surface area contributed by atoms with Crippen molar-refractivity contribution in [3.05, 3.63) is 114 Å². The summed E-state index contributed by atoms with van der Waals surface area (Å²) in [6.45, 7) is 2.59. The van der Waals surface area contributed by atoms with Crippen molar-refractivity contribution >= 4 is 23.6 Å². The van der Waals surface area contributed by atoms with Crippen molar-refractivity contribution in [1.82, 2.24) is 20.6 Å². The molecular formula is C37H42N4O5S. The molecule has 2 heterocycles. The van der Waals surface area contributed by atoms with Crippen LogP contribution in [-0.4, -0.2) is 45.3 Å². The lowest BCUT2D eigenvalue weighted by Gasteiger charge is -2.36. The molecule has 246 valence electrons. The SMILES string of the molecule is CC(=O)NCCCCCC(=O)NCc1ccccc1-c1ccc([C@H]2O[C@@H](CSc3ncccn3)C[C@@H](c3ccc(CO)cc3)O2)cc1. The molecule has 1 aromatic heterocycles. The summed E-state index contributed by atoms with van der Waals surface area (Å²) in [6, 6.07) is 26.0. The number of hydrogen-bond donors (Lipinski definition) is 3. The van der Waals surface area contributed by atoms with Gasteiger partial charge in [-0.2, -0.15) is 0 Å². The zero-order valence-electron chi connectivity index (χ0n) is 26.6. The summed E-state index contributed by atoms with van der Waals surface area (Å²) in [6.07, 6.45) is 6.34. The molecule has 0 saturated carbocycles. The van der Waals surface area contributed by atoms with E-state index in [0.29, 0.717) is 36.8 Å². The van der Waals surface area contributed by atoms with Crippen LogP contribution in [0.4, 0.5) is 0 Å². The van der Waals surface area contributed by atoms with Gasteiger partial charge in [0, 0.05) is 56.6 Å². The van der Waals surface area contributed by atoms with E-state index in [4.69, 9.17) is 9.47 Å². The number of thioether (sulfide) groups is 1. The van der Waals surface area contributed by atoms with Crippen LogP contribution in [0.3, 0.4) is 0 Å². The number of carbonyl (C=O) groups is 2. The number of rotatable bonds is 15. The maximum Gasteiger partial charge on any atom is 0.220 e. The van der Waals surface area contributed by atoms with Crippen LogP contribution in [0.1, 0.15) is 73.7 Å². The van der Waals surface area contributed by atoms with E-state index in [1.807, 2.05) is 54.6 Å². The summed E-state index contributed by atoms with van der Waals surface area (Å²) < 4.78 is 13.0. The lowest BCUT2D eigenvalue weighted by atomic mass is 9.97. The van der Waals surface area contributed by atoms with Crippen LogP contribution in [0.5, 0.6) is 0 Å². The molecule has 9 nitrogen and oxygen atoms in total. The first-order valence-electron chi connectivity index (χ1n) is 16.1. The van der Waals surface area contributed by atoms with Gasteiger partial charge >= 0.3 is 0 Å². The number of ether oxygens (including phenoxy) is 2. The molecule has 0 spiro atoms. The molecule has 1 aliphatic heterocycles. The number of aliphatic hydroxyl groups is 1. The molecule has 0 unspecified atom stereocenters. The summed E-state index contributed by atoms with van der Waals surface area (Å²) in [4.78, 5) is 32.2. The Morgan fingerprint density at radius 1 is 0.872 bits per heavy atom. The predicted octanol–water partition coefficient (Wildman–Crippen LogP) is 6.29. The summed E-state index contributed by atoms with van der Waals surface area (Å²) in [7, 11) is 0. The summed E-state index contributed by atoms with van der Waals surface area (Å²) in [5.41, 5.74) is 5.95. The van der Waals surface area contributed by atoms with Gasteiger partial charge in [-0.1, -0.05) is 91.0 Å². The molecule has 47 heavy (non-hydrogen) atoms. The second kappa shape index (κ2) is 17.7. The highest BCUT2D eigenvalue weighted by Crippen LogP contribution is 2.39. The number of benzene rings is 3. The maximum atomic E-state index is 12.5. The monoisotopic (exact) mass is 654 g/mol. The molecule has 1 aliphatic rings. The van der Waals surface area contributed by atoms with E-state index in [1.165, 1.54) is 6.92 Å². The van der Waals surface area contributed by atoms with Crippen LogP contribution < -0.4 is 10.6 Å². The average Bonchev–Trinajstić information content (AvgIpc) is 3.11. The van der Waals surface area contributed by atoms with E-state index in [-0.39, 0.29) is 30.6 Å². The molecule has 3 N–H and O–H groups in total. The molecule has 0 radical (unpaired) electrons. The van der Waals surface area contributed by atoms with Crippen molar-refractivity contribution in [2.24, 2.45) is 0 Å². The molecule has 1 saturated heterocycles. The van der Waals surface area contributed by atoms with E-state index in [1.54, 1.807) is 30.2 Å².